The van der Waals surface area contributed by atoms with Crippen molar-refractivity contribution in [2.24, 2.45) is 5.92 Å². The van der Waals surface area contributed by atoms with Crippen LogP contribution in [0.5, 0.6) is 0 Å². The number of alkyl halides is 3. The van der Waals surface area contributed by atoms with Crippen molar-refractivity contribution in [1.82, 2.24) is 10.1 Å². The lowest BCUT2D eigenvalue weighted by Crippen LogP contribution is -2.42. The molecule has 0 saturated carbocycles. The van der Waals surface area contributed by atoms with Crippen molar-refractivity contribution in [3.05, 3.63) is 30.2 Å². The number of amides is 1. The van der Waals surface area contributed by atoms with E-state index in [9.17, 15) is 18.0 Å². The molecule has 0 atom stereocenters. The van der Waals surface area contributed by atoms with Crippen LogP contribution in [0.25, 0.3) is 11.5 Å². The number of hydrogen-bond acceptors (Lipinski definition) is 4. The third-order valence-corrected chi connectivity index (χ3v) is 3.74. The standard InChI is InChI=1S/C14H13F3N2O3/c15-14(16,17)9-3-5-19(6-4-9)13(20)10-8-12(22-18-10)11-2-1-7-21-11/h1-2,7-9H,3-6H2. The summed E-state index contributed by atoms with van der Waals surface area (Å²) in [4.78, 5) is 13.6. The van der Waals surface area contributed by atoms with Crippen molar-refractivity contribution >= 4 is 5.91 Å². The number of rotatable bonds is 2. The highest BCUT2D eigenvalue weighted by atomic mass is 19.4. The maximum atomic E-state index is 12.6. The second-order valence-corrected chi connectivity index (χ2v) is 5.16. The van der Waals surface area contributed by atoms with Crippen molar-refractivity contribution < 1.29 is 26.9 Å². The van der Waals surface area contributed by atoms with Crippen LogP contribution >= 0.6 is 0 Å². The normalized spacial score (nSPS) is 17.0. The molecule has 0 aromatic carbocycles. The monoisotopic (exact) mass is 314 g/mol. The number of hydrogen-bond donors (Lipinski definition) is 0. The lowest BCUT2D eigenvalue weighted by molar-refractivity contribution is -0.183. The number of carbonyl (C=O) groups excluding carboxylic acids is 1. The number of nitrogens with zero attached hydrogens (tertiary/aromatic N) is 2. The van der Waals surface area contributed by atoms with E-state index in [2.05, 4.69) is 5.16 Å². The summed E-state index contributed by atoms with van der Waals surface area (Å²) in [5.41, 5.74) is 0.0665. The zero-order valence-electron chi connectivity index (χ0n) is 11.5. The summed E-state index contributed by atoms with van der Waals surface area (Å²) < 4.78 is 48.0. The molecule has 3 rings (SSSR count). The molecule has 2 aromatic heterocycles. The molecule has 0 spiro atoms. The molecular formula is C14H13F3N2O3. The first-order valence-corrected chi connectivity index (χ1v) is 6.82. The Labute approximate surface area is 123 Å². The van der Waals surface area contributed by atoms with Gasteiger partial charge < -0.3 is 13.8 Å². The third kappa shape index (κ3) is 2.86. The van der Waals surface area contributed by atoms with Crippen LogP contribution in [0, 0.1) is 5.92 Å². The van der Waals surface area contributed by atoms with Crippen LogP contribution in [0.1, 0.15) is 23.3 Å². The predicted octanol–water partition coefficient (Wildman–Crippen LogP) is 3.35. The highest BCUT2D eigenvalue weighted by Crippen LogP contribution is 2.34. The van der Waals surface area contributed by atoms with Gasteiger partial charge in [0.25, 0.3) is 5.91 Å². The van der Waals surface area contributed by atoms with Gasteiger partial charge in [-0.05, 0) is 25.0 Å². The van der Waals surface area contributed by atoms with Crippen LogP contribution in [-0.2, 0) is 0 Å². The molecule has 8 heteroatoms. The van der Waals surface area contributed by atoms with Crippen molar-refractivity contribution in [3.63, 3.8) is 0 Å². The number of likely N-dealkylation sites (tertiary alicyclic amines) is 1. The molecule has 1 fully saturated rings. The second-order valence-electron chi connectivity index (χ2n) is 5.16. The molecular weight excluding hydrogens is 301 g/mol. The van der Waals surface area contributed by atoms with E-state index in [1.807, 2.05) is 0 Å². The Morgan fingerprint density at radius 1 is 1.27 bits per heavy atom. The lowest BCUT2D eigenvalue weighted by Gasteiger charge is -2.32. The molecule has 22 heavy (non-hydrogen) atoms. The van der Waals surface area contributed by atoms with Crippen molar-refractivity contribution in [2.75, 3.05) is 13.1 Å². The van der Waals surface area contributed by atoms with Gasteiger partial charge in [0.1, 0.15) is 0 Å². The van der Waals surface area contributed by atoms with Gasteiger partial charge in [-0.25, -0.2) is 0 Å². The van der Waals surface area contributed by atoms with Crippen LogP contribution in [0.15, 0.2) is 33.4 Å². The Morgan fingerprint density at radius 2 is 2.00 bits per heavy atom. The van der Waals surface area contributed by atoms with E-state index in [1.54, 1.807) is 12.1 Å². The van der Waals surface area contributed by atoms with Gasteiger partial charge in [-0.1, -0.05) is 5.16 Å². The van der Waals surface area contributed by atoms with Crippen LogP contribution in [0.4, 0.5) is 13.2 Å². The SMILES string of the molecule is O=C(c1cc(-c2ccco2)on1)N1CCC(C(F)(F)F)CC1. The summed E-state index contributed by atoms with van der Waals surface area (Å²) in [5.74, 6) is -1.03. The molecule has 0 unspecified atom stereocenters. The summed E-state index contributed by atoms with van der Waals surface area (Å²) in [7, 11) is 0. The molecule has 3 heterocycles. The highest BCUT2D eigenvalue weighted by Gasteiger charge is 2.42. The molecule has 1 aliphatic heterocycles. The van der Waals surface area contributed by atoms with Crippen molar-refractivity contribution in [3.8, 4) is 11.5 Å². The average Bonchev–Trinajstić information content (AvgIpc) is 3.16. The quantitative estimate of drug-likeness (QED) is 0.853. The molecule has 0 N–H and O–H groups in total. The van der Waals surface area contributed by atoms with Gasteiger partial charge in [-0.2, -0.15) is 13.2 Å². The summed E-state index contributed by atoms with van der Waals surface area (Å²) in [6, 6.07) is 4.75. The molecule has 2 aromatic rings. The Bertz CT molecular complexity index is 641. The minimum Gasteiger partial charge on any atom is -0.461 e. The minimum atomic E-state index is -4.20. The largest absolute Gasteiger partial charge is 0.461 e. The molecule has 0 bridgehead atoms. The van der Waals surface area contributed by atoms with Crippen LogP contribution in [0.2, 0.25) is 0 Å². The molecule has 0 radical (unpaired) electrons. The van der Waals surface area contributed by atoms with E-state index in [-0.39, 0.29) is 31.6 Å². The molecule has 118 valence electrons. The van der Waals surface area contributed by atoms with E-state index in [4.69, 9.17) is 8.94 Å². The highest BCUT2D eigenvalue weighted by molar-refractivity contribution is 5.93. The van der Waals surface area contributed by atoms with Gasteiger partial charge in [-0.15, -0.1) is 0 Å². The Balaban J connectivity index is 1.66. The second kappa shape index (κ2) is 5.51. The molecule has 5 nitrogen and oxygen atoms in total. The van der Waals surface area contributed by atoms with Gasteiger partial charge >= 0.3 is 6.18 Å². The van der Waals surface area contributed by atoms with Crippen LogP contribution in [-0.4, -0.2) is 35.2 Å². The summed E-state index contributed by atoms with van der Waals surface area (Å²) in [6.07, 6.45) is -2.91. The molecule has 0 aliphatic carbocycles. The first kappa shape index (κ1) is 14.7. The number of furan rings is 1. The lowest BCUT2D eigenvalue weighted by atomic mass is 9.96. The first-order valence-electron chi connectivity index (χ1n) is 6.82. The summed E-state index contributed by atoms with van der Waals surface area (Å²) in [5, 5.41) is 3.67. The maximum Gasteiger partial charge on any atom is 0.391 e. The van der Waals surface area contributed by atoms with E-state index in [0.717, 1.165) is 0 Å². The smallest absolute Gasteiger partial charge is 0.391 e. The number of halogens is 3. The fourth-order valence-electron chi connectivity index (χ4n) is 2.48. The van der Waals surface area contributed by atoms with E-state index in [0.29, 0.717) is 11.5 Å². The van der Waals surface area contributed by atoms with E-state index in [1.165, 1.54) is 17.2 Å². The van der Waals surface area contributed by atoms with Gasteiger partial charge in [0.2, 0.25) is 5.76 Å². The topological polar surface area (TPSA) is 59.5 Å². The average molecular weight is 314 g/mol. The number of carbonyl (C=O) groups is 1. The van der Waals surface area contributed by atoms with Gasteiger partial charge in [0.05, 0.1) is 12.2 Å². The summed E-state index contributed by atoms with van der Waals surface area (Å²) in [6.45, 7) is 0.123. The maximum absolute atomic E-state index is 12.6. The Morgan fingerprint density at radius 3 is 2.59 bits per heavy atom. The number of aromatic nitrogens is 1. The van der Waals surface area contributed by atoms with Crippen molar-refractivity contribution in [1.29, 1.82) is 0 Å². The minimum absolute atomic E-state index is 0.0615. The molecule has 1 amide bonds. The van der Waals surface area contributed by atoms with Gasteiger partial charge in [0.15, 0.2) is 11.5 Å². The number of piperidine rings is 1. The molecule has 1 saturated heterocycles. The first-order chi connectivity index (χ1) is 10.4. The fraction of sp³-hybridized carbons (Fsp3) is 0.429. The van der Waals surface area contributed by atoms with Gasteiger partial charge in [-0.3, -0.25) is 4.79 Å². The predicted molar refractivity (Wildman–Crippen MR) is 68.9 cm³/mol. The van der Waals surface area contributed by atoms with E-state index >= 15 is 0 Å². The zero-order chi connectivity index (χ0) is 15.7. The molecule has 1 aliphatic rings. The zero-order valence-corrected chi connectivity index (χ0v) is 11.5. The van der Waals surface area contributed by atoms with E-state index < -0.39 is 18.0 Å². The van der Waals surface area contributed by atoms with Crippen LogP contribution in [0.3, 0.4) is 0 Å². The Kier molecular flexibility index (Phi) is 3.67. The van der Waals surface area contributed by atoms with Crippen LogP contribution < -0.4 is 0 Å². The van der Waals surface area contributed by atoms with Gasteiger partial charge in [0, 0.05) is 19.2 Å². The van der Waals surface area contributed by atoms with Crippen molar-refractivity contribution in [2.45, 2.75) is 19.0 Å². The Hall–Kier alpha value is -2.25. The summed E-state index contributed by atoms with van der Waals surface area (Å²) >= 11 is 0. The third-order valence-electron chi connectivity index (χ3n) is 3.74. The fourth-order valence-corrected chi connectivity index (χ4v) is 2.48.